The average molecular weight is 324 g/mol. The molecule has 2 rings (SSSR count). The Labute approximate surface area is 141 Å². The number of hydrogen-bond acceptors (Lipinski definition) is 3. The molecule has 0 aliphatic heterocycles. The van der Waals surface area contributed by atoms with Crippen molar-refractivity contribution in [1.29, 1.82) is 5.26 Å². The van der Waals surface area contributed by atoms with Crippen LogP contribution in [0.25, 0.3) is 0 Å². The number of thioether (sulfide) groups is 1. The Bertz CT molecular complexity index is 719. The second-order valence-electron chi connectivity index (χ2n) is 5.55. The van der Waals surface area contributed by atoms with Crippen LogP contribution < -0.4 is 5.32 Å². The first-order chi connectivity index (χ1) is 11.1. The minimum atomic E-state index is -0.0162. The Morgan fingerprint density at radius 1 is 1.17 bits per heavy atom. The minimum Gasteiger partial charge on any atom is -0.325 e. The third-order valence-electron chi connectivity index (χ3n) is 3.49. The Morgan fingerprint density at radius 3 is 2.61 bits per heavy atom. The Kier molecular flexibility index (Phi) is 6.25. The molecule has 0 atom stereocenters. The second kappa shape index (κ2) is 8.40. The largest absolute Gasteiger partial charge is 0.325 e. The number of para-hydroxylation sites is 1. The van der Waals surface area contributed by atoms with Gasteiger partial charge in [0.2, 0.25) is 5.91 Å². The van der Waals surface area contributed by atoms with Gasteiger partial charge < -0.3 is 5.32 Å². The standard InChI is InChI=1S/C19H20N2OS/c1-14(2)17-9-5-6-10-18(17)21-19(22)13-23-12-16-8-4-3-7-15(16)11-20/h3-10,14H,12-13H2,1-2H3,(H,21,22). The number of carbonyl (C=O) groups is 1. The maximum absolute atomic E-state index is 12.1. The molecule has 0 aliphatic carbocycles. The van der Waals surface area contributed by atoms with Gasteiger partial charge in [-0.2, -0.15) is 5.26 Å². The zero-order valence-corrected chi connectivity index (χ0v) is 14.2. The molecule has 0 saturated heterocycles. The van der Waals surface area contributed by atoms with Crippen LogP contribution in [0.15, 0.2) is 48.5 Å². The predicted octanol–water partition coefficient (Wildman–Crippen LogP) is 4.55. The molecule has 0 saturated carbocycles. The summed E-state index contributed by atoms with van der Waals surface area (Å²) >= 11 is 1.51. The highest BCUT2D eigenvalue weighted by atomic mass is 32.2. The summed E-state index contributed by atoms with van der Waals surface area (Å²) < 4.78 is 0. The van der Waals surface area contributed by atoms with Crippen molar-refractivity contribution in [3.63, 3.8) is 0 Å². The van der Waals surface area contributed by atoms with Crippen LogP contribution in [0, 0.1) is 11.3 Å². The third kappa shape index (κ3) is 4.87. The molecular weight excluding hydrogens is 304 g/mol. The van der Waals surface area contributed by atoms with Crippen LogP contribution in [0.1, 0.15) is 36.5 Å². The second-order valence-corrected chi connectivity index (χ2v) is 6.54. The summed E-state index contributed by atoms with van der Waals surface area (Å²) in [6.45, 7) is 4.22. The average Bonchev–Trinajstić information content (AvgIpc) is 2.55. The molecular formula is C19H20N2OS. The number of benzene rings is 2. The molecule has 4 heteroatoms. The van der Waals surface area contributed by atoms with E-state index in [-0.39, 0.29) is 5.91 Å². The summed E-state index contributed by atoms with van der Waals surface area (Å²) in [4.78, 5) is 12.1. The van der Waals surface area contributed by atoms with Crippen LogP contribution in [-0.2, 0) is 10.5 Å². The fourth-order valence-corrected chi connectivity index (χ4v) is 3.14. The van der Waals surface area contributed by atoms with Crippen molar-refractivity contribution in [2.75, 3.05) is 11.1 Å². The molecule has 1 amide bonds. The van der Waals surface area contributed by atoms with E-state index in [2.05, 4.69) is 25.2 Å². The number of rotatable bonds is 6. The summed E-state index contributed by atoms with van der Waals surface area (Å²) in [6.07, 6.45) is 0. The van der Waals surface area contributed by atoms with E-state index in [1.807, 2.05) is 42.5 Å². The van der Waals surface area contributed by atoms with E-state index < -0.39 is 0 Å². The molecule has 0 aliphatic rings. The third-order valence-corrected chi connectivity index (χ3v) is 4.47. The fraction of sp³-hybridized carbons (Fsp3) is 0.263. The molecule has 2 aromatic carbocycles. The highest BCUT2D eigenvalue weighted by molar-refractivity contribution is 7.99. The van der Waals surface area contributed by atoms with Gasteiger partial charge in [0.1, 0.15) is 0 Å². The fourth-order valence-electron chi connectivity index (χ4n) is 2.31. The van der Waals surface area contributed by atoms with Gasteiger partial charge in [0.25, 0.3) is 0 Å². The van der Waals surface area contributed by atoms with Gasteiger partial charge in [0, 0.05) is 11.4 Å². The first kappa shape index (κ1) is 17.1. The van der Waals surface area contributed by atoms with Crippen molar-refractivity contribution >= 4 is 23.4 Å². The normalized spacial score (nSPS) is 10.3. The summed E-state index contributed by atoms with van der Waals surface area (Å²) in [6, 6.07) is 17.6. The van der Waals surface area contributed by atoms with E-state index >= 15 is 0 Å². The van der Waals surface area contributed by atoms with E-state index in [1.54, 1.807) is 6.07 Å². The van der Waals surface area contributed by atoms with E-state index in [9.17, 15) is 4.79 Å². The van der Waals surface area contributed by atoms with Gasteiger partial charge >= 0.3 is 0 Å². The van der Waals surface area contributed by atoms with E-state index in [1.165, 1.54) is 11.8 Å². The highest BCUT2D eigenvalue weighted by Gasteiger charge is 2.09. The first-order valence-electron chi connectivity index (χ1n) is 7.56. The number of amides is 1. The number of nitrogens with zero attached hydrogens (tertiary/aromatic N) is 1. The van der Waals surface area contributed by atoms with Crippen LogP contribution >= 0.6 is 11.8 Å². The van der Waals surface area contributed by atoms with Gasteiger partial charge in [-0.3, -0.25) is 4.79 Å². The van der Waals surface area contributed by atoms with Crippen LogP contribution in [-0.4, -0.2) is 11.7 Å². The molecule has 0 radical (unpaired) electrons. The summed E-state index contributed by atoms with van der Waals surface area (Å²) in [5.74, 6) is 1.37. The summed E-state index contributed by atoms with van der Waals surface area (Å²) in [5, 5.41) is 12.0. The monoisotopic (exact) mass is 324 g/mol. The van der Waals surface area contributed by atoms with Crippen molar-refractivity contribution < 1.29 is 4.79 Å². The van der Waals surface area contributed by atoms with Gasteiger partial charge in [0.05, 0.1) is 17.4 Å². The van der Waals surface area contributed by atoms with Gasteiger partial charge in [-0.25, -0.2) is 0 Å². The number of carbonyl (C=O) groups excluding carboxylic acids is 1. The molecule has 2 aromatic rings. The molecule has 23 heavy (non-hydrogen) atoms. The lowest BCUT2D eigenvalue weighted by Crippen LogP contribution is -2.15. The number of hydrogen-bond donors (Lipinski definition) is 1. The summed E-state index contributed by atoms with van der Waals surface area (Å²) in [5.41, 5.74) is 3.66. The lowest BCUT2D eigenvalue weighted by atomic mass is 10.0. The number of nitrogens with one attached hydrogen (secondary N) is 1. The van der Waals surface area contributed by atoms with E-state index in [0.29, 0.717) is 23.0 Å². The number of nitriles is 1. The zero-order valence-electron chi connectivity index (χ0n) is 13.4. The van der Waals surface area contributed by atoms with Crippen LogP contribution in [0.4, 0.5) is 5.69 Å². The molecule has 118 valence electrons. The van der Waals surface area contributed by atoms with Crippen molar-refractivity contribution in [3.05, 3.63) is 65.2 Å². The maximum atomic E-state index is 12.1. The molecule has 3 nitrogen and oxygen atoms in total. The van der Waals surface area contributed by atoms with Gasteiger partial charge in [-0.1, -0.05) is 50.2 Å². The van der Waals surface area contributed by atoms with Crippen molar-refractivity contribution in [2.45, 2.75) is 25.5 Å². The van der Waals surface area contributed by atoms with Crippen LogP contribution in [0.5, 0.6) is 0 Å². The van der Waals surface area contributed by atoms with Gasteiger partial charge in [-0.05, 0) is 29.2 Å². The Balaban J connectivity index is 1.90. The van der Waals surface area contributed by atoms with E-state index in [0.717, 1.165) is 16.8 Å². The molecule has 1 N–H and O–H groups in total. The van der Waals surface area contributed by atoms with Crippen molar-refractivity contribution in [1.82, 2.24) is 0 Å². The lowest BCUT2D eigenvalue weighted by Gasteiger charge is -2.13. The van der Waals surface area contributed by atoms with E-state index in [4.69, 9.17) is 5.26 Å². The maximum Gasteiger partial charge on any atom is 0.234 e. The molecule has 0 spiro atoms. The van der Waals surface area contributed by atoms with Crippen LogP contribution in [0.3, 0.4) is 0 Å². The first-order valence-corrected chi connectivity index (χ1v) is 8.71. The molecule has 0 aromatic heterocycles. The van der Waals surface area contributed by atoms with Gasteiger partial charge in [0.15, 0.2) is 0 Å². The quantitative estimate of drug-likeness (QED) is 0.848. The van der Waals surface area contributed by atoms with Crippen LogP contribution in [0.2, 0.25) is 0 Å². The molecule has 0 unspecified atom stereocenters. The van der Waals surface area contributed by atoms with Crippen molar-refractivity contribution in [2.24, 2.45) is 0 Å². The Morgan fingerprint density at radius 2 is 1.87 bits per heavy atom. The zero-order chi connectivity index (χ0) is 16.7. The molecule has 0 fully saturated rings. The number of anilines is 1. The lowest BCUT2D eigenvalue weighted by molar-refractivity contribution is -0.113. The topological polar surface area (TPSA) is 52.9 Å². The molecule has 0 heterocycles. The molecule has 0 bridgehead atoms. The highest BCUT2D eigenvalue weighted by Crippen LogP contribution is 2.24. The Hall–Kier alpha value is -2.25. The van der Waals surface area contributed by atoms with Crippen molar-refractivity contribution in [3.8, 4) is 6.07 Å². The SMILES string of the molecule is CC(C)c1ccccc1NC(=O)CSCc1ccccc1C#N. The van der Waals surface area contributed by atoms with Gasteiger partial charge in [-0.15, -0.1) is 11.8 Å². The summed E-state index contributed by atoms with van der Waals surface area (Å²) in [7, 11) is 0. The predicted molar refractivity (Wildman–Crippen MR) is 96.5 cm³/mol. The minimum absolute atomic E-state index is 0.0162. The smallest absolute Gasteiger partial charge is 0.234 e.